The molecule has 6 heteroatoms. The van der Waals surface area contributed by atoms with Gasteiger partial charge in [-0.15, -0.1) is 0 Å². The van der Waals surface area contributed by atoms with Gasteiger partial charge in [0.05, 0.1) is 29.7 Å². The average molecular weight is 417 g/mol. The number of carbonyl (C=O) groups is 1. The number of hydrogen-bond acceptors (Lipinski definition) is 4. The lowest BCUT2D eigenvalue weighted by Crippen LogP contribution is -2.10. The molecule has 31 heavy (non-hydrogen) atoms. The van der Waals surface area contributed by atoms with Crippen molar-refractivity contribution in [1.29, 1.82) is 0 Å². The minimum atomic E-state index is -0.305. The van der Waals surface area contributed by atoms with Gasteiger partial charge >= 0.3 is 0 Å². The monoisotopic (exact) mass is 417 g/mol. The molecule has 0 saturated heterocycles. The van der Waals surface area contributed by atoms with Gasteiger partial charge in [0.25, 0.3) is 0 Å². The van der Waals surface area contributed by atoms with Crippen LogP contribution in [0.15, 0.2) is 66.9 Å². The van der Waals surface area contributed by atoms with Crippen LogP contribution in [0.25, 0.3) is 16.6 Å². The summed E-state index contributed by atoms with van der Waals surface area (Å²) in [7, 11) is 1.60. The average Bonchev–Trinajstić information content (AvgIpc) is 3.19. The highest BCUT2D eigenvalue weighted by molar-refractivity contribution is 5.85. The number of rotatable bonds is 8. The second-order valence-corrected chi connectivity index (χ2v) is 7.70. The third kappa shape index (κ3) is 4.70. The van der Waals surface area contributed by atoms with E-state index in [2.05, 4.69) is 12.0 Å². The van der Waals surface area contributed by atoms with Crippen molar-refractivity contribution in [2.75, 3.05) is 7.11 Å². The van der Waals surface area contributed by atoms with Gasteiger partial charge in [-0.25, -0.2) is 9.07 Å². The molecule has 158 valence electrons. The number of fused-ring (bicyclic) bond motifs is 1. The van der Waals surface area contributed by atoms with Gasteiger partial charge < -0.3 is 4.74 Å². The van der Waals surface area contributed by atoms with E-state index in [0.717, 1.165) is 22.2 Å². The van der Waals surface area contributed by atoms with Crippen LogP contribution in [0.3, 0.4) is 0 Å². The van der Waals surface area contributed by atoms with Crippen molar-refractivity contribution in [1.82, 2.24) is 14.8 Å². The summed E-state index contributed by atoms with van der Waals surface area (Å²) in [4.78, 5) is 17.4. The molecule has 0 fully saturated rings. The number of ketones is 1. The fourth-order valence-corrected chi connectivity index (χ4v) is 3.81. The van der Waals surface area contributed by atoms with Crippen molar-refractivity contribution in [3.63, 3.8) is 0 Å². The lowest BCUT2D eigenvalue weighted by Gasteiger charge is -2.12. The zero-order chi connectivity index (χ0) is 21.8. The largest absolute Gasteiger partial charge is 0.378 e. The Morgan fingerprint density at radius 1 is 1.13 bits per heavy atom. The first-order chi connectivity index (χ1) is 15.0. The van der Waals surface area contributed by atoms with Crippen LogP contribution < -0.4 is 0 Å². The van der Waals surface area contributed by atoms with E-state index in [1.165, 1.54) is 12.1 Å². The first-order valence-electron chi connectivity index (χ1n) is 10.2. The van der Waals surface area contributed by atoms with Crippen molar-refractivity contribution in [3.05, 3.63) is 89.6 Å². The standard InChI is InChI=1S/C25H24FN3O2/c1-17(18-6-4-3-5-7-18)12-23(30)14-21-13-19-15-27-29(22-10-8-20(26)9-11-22)25(19)24(28-21)16-31-2/h3-11,13,15,17H,12,14,16H2,1-2H3/t17-/m0/s1. The van der Waals surface area contributed by atoms with E-state index in [9.17, 15) is 9.18 Å². The Morgan fingerprint density at radius 3 is 2.58 bits per heavy atom. The number of pyridine rings is 1. The molecule has 0 unspecified atom stereocenters. The lowest BCUT2D eigenvalue weighted by atomic mass is 9.94. The van der Waals surface area contributed by atoms with Gasteiger partial charge in [0.2, 0.25) is 0 Å². The number of benzene rings is 2. The maximum atomic E-state index is 13.3. The highest BCUT2D eigenvalue weighted by atomic mass is 19.1. The molecule has 0 N–H and O–H groups in total. The van der Waals surface area contributed by atoms with Crippen molar-refractivity contribution >= 4 is 16.7 Å². The maximum Gasteiger partial charge on any atom is 0.139 e. The first kappa shape index (κ1) is 20.9. The molecule has 0 radical (unpaired) electrons. The van der Waals surface area contributed by atoms with Crippen molar-refractivity contribution in [2.45, 2.75) is 32.3 Å². The second-order valence-electron chi connectivity index (χ2n) is 7.70. The van der Waals surface area contributed by atoms with Gasteiger partial charge in [-0.3, -0.25) is 9.78 Å². The number of carbonyl (C=O) groups excluding carboxylic acids is 1. The van der Waals surface area contributed by atoms with Crippen molar-refractivity contribution < 1.29 is 13.9 Å². The molecule has 4 aromatic rings. The van der Waals surface area contributed by atoms with Gasteiger partial charge in [0.15, 0.2) is 0 Å². The summed E-state index contributed by atoms with van der Waals surface area (Å²) in [5.74, 6) is -0.0180. The topological polar surface area (TPSA) is 57.0 Å². The smallest absolute Gasteiger partial charge is 0.139 e. The molecule has 0 aliphatic heterocycles. The second kappa shape index (κ2) is 9.18. The van der Waals surface area contributed by atoms with Gasteiger partial charge in [-0.1, -0.05) is 37.3 Å². The quantitative estimate of drug-likeness (QED) is 0.404. The van der Waals surface area contributed by atoms with Crippen LogP contribution in [0, 0.1) is 5.82 Å². The fraction of sp³-hybridized carbons (Fsp3) is 0.240. The summed E-state index contributed by atoms with van der Waals surface area (Å²) in [5, 5.41) is 5.33. The van der Waals surface area contributed by atoms with Gasteiger partial charge in [0.1, 0.15) is 11.6 Å². The molecule has 5 nitrogen and oxygen atoms in total. The summed E-state index contributed by atoms with van der Waals surface area (Å²) in [6.45, 7) is 2.35. The number of halogens is 1. The molecule has 2 aromatic heterocycles. The van der Waals surface area contributed by atoms with Gasteiger partial charge in [-0.2, -0.15) is 5.10 Å². The highest BCUT2D eigenvalue weighted by Gasteiger charge is 2.17. The SMILES string of the molecule is COCc1nc(CC(=O)C[C@H](C)c2ccccc2)cc2cnn(-c3ccc(F)cc3)c12. The molecule has 2 aromatic carbocycles. The van der Waals surface area contributed by atoms with Gasteiger partial charge in [-0.05, 0) is 41.8 Å². The van der Waals surface area contributed by atoms with Crippen LogP contribution >= 0.6 is 0 Å². The van der Waals surface area contributed by atoms with E-state index in [1.807, 2.05) is 36.4 Å². The van der Waals surface area contributed by atoms with Crippen LogP contribution in [0.4, 0.5) is 4.39 Å². The molecular weight excluding hydrogens is 393 g/mol. The number of aromatic nitrogens is 3. The van der Waals surface area contributed by atoms with E-state index >= 15 is 0 Å². The van der Waals surface area contributed by atoms with Crippen molar-refractivity contribution in [3.8, 4) is 5.69 Å². The zero-order valence-electron chi connectivity index (χ0n) is 17.6. The Morgan fingerprint density at radius 2 is 1.87 bits per heavy atom. The zero-order valence-corrected chi connectivity index (χ0v) is 17.6. The molecule has 0 saturated carbocycles. The molecular formula is C25H24FN3O2. The van der Waals surface area contributed by atoms with Crippen molar-refractivity contribution in [2.24, 2.45) is 0 Å². The Kier molecular flexibility index (Phi) is 6.18. The van der Waals surface area contributed by atoms with E-state index in [1.54, 1.807) is 30.1 Å². The minimum Gasteiger partial charge on any atom is -0.378 e. The Labute approximate surface area is 180 Å². The number of nitrogens with zero attached hydrogens (tertiary/aromatic N) is 3. The lowest BCUT2D eigenvalue weighted by molar-refractivity contribution is -0.118. The summed E-state index contributed by atoms with van der Waals surface area (Å²) in [6.07, 6.45) is 2.45. The van der Waals surface area contributed by atoms with Crippen LogP contribution in [0.5, 0.6) is 0 Å². The maximum absolute atomic E-state index is 13.3. The summed E-state index contributed by atoms with van der Waals surface area (Å²) in [6, 6.07) is 18.1. The first-order valence-corrected chi connectivity index (χ1v) is 10.2. The summed E-state index contributed by atoms with van der Waals surface area (Å²) >= 11 is 0. The number of Topliss-reactive ketones (excluding diaryl/α,β-unsaturated/α-hetero) is 1. The van der Waals surface area contributed by atoms with Crippen LogP contribution in [0.1, 0.15) is 36.2 Å². The third-order valence-electron chi connectivity index (χ3n) is 5.30. The number of hydrogen-bond donors (Lipinski definition) is 0. The van der Waals surface area contributed by atoms with Crippen LogP contribution in [-0.4, -0.2) is 27.7 Å². The number of ether oxygens (including phenoxy) is 1. The minimum absolute atomic E-state index is 0.137. The summed E-state index contributed by atoms with van der Waals surface area (Å²) < 4.78 is 20.4. The van der Waals surface area contributed by atoms with Crippen LogP contribution in [0.2, 0.25) is 0 Å². The Balaban J connectivity index is 1.60. The predicted octanol–water partition coefficient (Wildman–Crippen LogP) is 5.01. The Hall–Kier alpha value is -3.38. The Bertz CT molecular complexity index is 1190. The predicted molar refractivity (Wildman–Crippen MR) is 118 cm³/mol. The summed E-state index contributed by atoms with van der Waals surface area (Å²) in [5.41, 5.74) is 4.07. The highest BCUT2D eigenvalue weighted by Crippen LogP contribution is 2.24. The van der Waals surface area contributed by atoms with Gasteiger partial charge in [0, 0.05) is 31.0 Å². The normalized spacial score (nSPS) is 12.2. The molecule has 0 bridgehead atoms. The van der Waals surface area contributed by atoms with E-state index in [-0.39, 0.29) is 30.5 Å². The third-order valence-corrected chi connectivity index (χ3v) is 5.30. The van der Waals surface area contributed by atoms with E-state index < -0.39 is 0 Å². The van der Waals surface area contributed by atoms with Crippen LogP contribution in [-0.2, 0) is 22.6 Å². The molecule has 0 aliphatic carbocycles. The molecule has 4 rings (SSSR count). The van der Waals surface area contributed by atoms with E-state index in [0.29, 0.717) is 17.8 Å². The molecule has 0 amide bonds. The molecule has 1 atom stereocenters. The molecule has 0 aliphatic rings. The fourth-order valence-electron chi connectivity index (χ4n) is 3.81. The number of methoxy groups -OCH3 is 1. The van der Waals surface area contributed by atoms with E-state index in [4.69, 9.17) is 9.72 Å². The molecule has 0 spiro atoms. The molecule has 2 heterocycles.